The molecule has 6 heteroatoms. The Morgan fingerprint density at radius 2 is 2.04 bits per heavy atom. The van der Waals surface area contributed by atoms with Crippen molar-refractivity contribution in [1.82, 2.24) is 10.2 Å². The molecule has 0 saturated carbocycles. The number of likely N-dealkylation sites (tertiary alicyclic amines) is 1. The predicted octanol–water partition coefficient (Wildman–Crippen LogP) is 4.53. The fraction of sp³-hybridized carbons (Fsp3) is 0.381. The van der Waals surface area contributed by atoms with Crippen molar-refractivity contribution in [3.8, 4) is 5.75 Å². The maximum atomic E-state index is 12.7. The Hall–Kier alpha value is -1.75. The topological polar surface area (TPSA) is 41.6 Å². The molecule has 1 unspecified atom stereocenters. The molecule has 2 aromatic carbocycles. The number of nitrogens with one attached hydrogen (secondary N) is 1. The minimum atomic E-state index is -0.0143. The van der Waals surface area contributed by atoms with Crippen LogP contribution in [0.5, 0.6) is 5.75 Å². The summed E-state index contributed by atoms with van der Waals surface area (Å²) < 4.78 is 5.34. The molecule has 0 spiro atoms. The van der Waals surface area contributed by atoms with Gasteiger partial charge in [0.05, 0.1) is 13.0 Å². The normalized spacial score (nSPS) is 17.5. The van der Waals surface area contributed by atoms with E-state index in [0.717, 1.165) is 49.4 Å². The lowest BCUT2D eigenvalue weighted by atomic mass is 9.96. The van der Waals surface area contributed by atoms with Gasteiger partial charge in [-0.05, 0) is 43.1 Å². The maximum absolute atomic E-state index is 12.7. The maximum Gasteiger partial charge on any atom is 0.224 e. The first-order valence-corrected chi connectivity index (χ1v) is 9.88. The molecular weight excluding hydrogens is 383 g/mol. The Labute approximate surface area is 170 Å². The summed E-state index contributed by atoms with van der Waals surface area (Å²) in [5.74, 6) is 0.868. The van der Waals surface area contributed by atoms with E-state index in [9.17, 15) is 4.79 Å². The van der Waals surface area contributed by atoms with Gasteiger partial charge >= 0.3 is 0 Å². The first-order chi connectivity index (χ1) is 13.1. The highest BCUT2D eigenvalue weighted by Gasteiger charge is 2.26. The molecule has 1 N–H and O–H groups in total. The van der Waals surface area contributed by atoms with Crippen LogP contribution in [0.3, 0.4) is 0 Å². The van der Waals surface area contributed by atoms with Crippen LogP contribution in [0.2, 0.25) is 10.0 Å². The molecule has 0 aromatic heterocycles. The summed E-state index contributed by atoms with van der Waals surface area (Å²) in [7, 11) is 1.64. The van der Waals surface area contributed by atoms with Gasteiger partial charge in [0, 0.05) is 35.2 Å². The number of nitrogens with zero attached hydrogens (tertiary/aromatic N) is 1. The first kappa shape index (κ1) is 20.0. The van der Waals surface area contributed by atoms with Crippen LogP contribution >= 0.6 is 23.2 Å². The molecule has 4 nitrogen and oxygen atoms in total. The van der Waals surface area contributed by atoms with Gasteiger partial charge in [0.15, 0.2) is 0 Å². The van der Waals surface area contributed by atoms with Crippen molar-refractivity contribution >= 4 is 29.1 Å². The Bertz CT molecular complexity index is 798. The zero-order valence-corrected chi connectivity index (χ0v) is 16.9. The number of amides is 1. The monoisotopic (exact) mass is 406 g/mol. The van der Waals surface area contributed by atoms with Gasteiger partial charge in [0.25, 0.3) is 0 Å². The van der Waals surface area contributed by atoms with Gasteiger partial charge in [0.2, 0.25) is 5.91 Å². The first-order valence-electron chi connectivity index (χ1n) is 9.12. The molecule has 0 aliphatic carbocycles. The zero-order valence-electron chi connectivity index (χ0n) is 15.4. The minimum absolute atomic E-state index is 0.0143. The van der Waals surface area contributed by atoms with E-state index in [-0.39, 0.29) is 11.8 Å². The van der Waals surface area contributed by atoms with Gasteiger partial charge in [-0.2, -0.15) is 0 Å². The van der Waals surface area contributed by atoms with Gasteiger partial charge in [-0.25, -0.2) is 0 Å². The molecule has 1 atom stereocenters. The zero-order chi connectivity index (χ0) is 19.2. The molecule has 1 saturated heterocycles. The van der Waals surface area contributed by atoms with Crippen molar-refractivity contribution < 1.29 is 9.53 Å². The SMILES string of the molecule is COc1ccccc1CNC(=O)C1CCCN(Cc2ccc(Cl)cc2Cl)C1. The Balaban J connectivity index is 1.56. The van der Waals surface area contributed by atoms with Crippen LogP contribution in [0.1, 0.15) is 24.0 Å². The van der Waals surface area contributed by atoms with Gasteiger partial charge < -0.3 is 10.1 Å². The third kappa shape index (κ3) is 5.38. The lowest BCUT2D eigenvalue weighted by Crippen LogP contribution is -2.42. The summed E-state index contributed by atoms with van der Waals surface area (Å²) in [5, 5.41) is 4.36. The molecule has 1 aliphatic heterocycles. The lowest BCUT2D eigenvalue weighted by molar-refractivity contribution is -0.126. The number of methoxy groups -OCH3 is 1. The Kier molecular flexibility index (Phi) is 7.00. The molecule has 0 radical (unpaired) electrons. The van der Waals surface area contributed by atoms with Crippen molar-refractivity contribution in [3.05, 3.63) is 63.6 Å². The summed E-state index contributed by atoms with van der Waals surface area (Å²) >= 11 is 12.3. The molecule has 1 heterocycles. The van der Waals surface area contributed by atoms with Gasteiger partial charge in [-0.3, -0.25) is 9.69 Å². The molecule has 1 amide bonds. The van der Waals surface area contributed by atoms with E-state index in [1.165, 1.54) is 0 Å². The number of hydrogen-bond acceptors (Lipinski definition) is 3. The van der Waals surface area contributed by atoms with E-state index < -0.39 is 0 Å². The van der Waals surface area contributed by atoms with Crippen LogP contribution in [0.4, 0.5) is 0 Å². The Morgan fingerprint density at radius 3 is 2.81 bits per heavy atom. The highest BCUT2D eigenvalue weighted by Crippen LogP contribution is 2.25. The van der Waals surface area contributed by atoms with E-state index >= 15 is 0 Å². The number of carbonyl (C=O) groups is 1. The number of piperidine rings is 1. The van der Waals surface area contributed by atoms with Crippen LogP contribution in [-0.4, -0.2) is 31.0 Å². The largest absolute Gasteiger partial charge is 0.496 e. The number of para-hydroxylation sites is 1. The van der Waals surface area contributed by atoms with Crippen LogP contribution in [0.15, 0.2) is 42.5 Å². The second kappa shape index (κ2) is 9.45. The summed E-state index contributed by atoms with van der Waals surface area (Å²) in [6.45, 7) is 2.90. The lowest BCUT2D eigenvalue weighted by Gasteiger charge is -2.32. The number of rotatable bonds is 6. The molecule has 1 aliphatic rings. The van der Waals surface area contributed by atoms with Crippen molar-refractivity contribution in [2.75, 3.05) is 20.2 Å². The molecule has 0 bridgehead atoms. The van der Waals surface area contributed by atoms with Crippen molar-refractivity contribution in [3.63, 3.8) is 0 Å². The van der Waals surface area contributed by atoms with Crippen LogP contribution < -0.4 is 10.1 Å². The fourth-order valence-electron chi connectivity index (χ4n) is 3.48. The highest BCUT2D eigenvalue weighted by atomic mass is 35.5. The van der Waals surface area contributed by atoms with E-state index in [1.807, 2.05) is 36.4 Å². The highest BCUT2D eigenvalue weighted by molar-refractivity contribution is 6.35. The standard InChI is InChI=1S/C21H24Cl2N2O2/c1-27-20-7-3-2-5-15(20)12-24-21(26)17-6-4-10-25(14-17)13-16-8-9-18(22)11-19(16)23/h2-3,5,7-9,11,17H,4,6,10,12-14H2,1H3,(H,24,26). The Morgan fingerprint density at radius 1 is 1.22 bits per heavy atom. The second-order valence-electron chi connectivity index (χ2n) is 6.84. The van der Waals surface area contributed by atoms with E-state index in [4.69, 9.17) is 27.9 Å². The van der Waals surface area contributed by atoms with E-state index in [1.54, 1.807) is 13.2 Å². The van der Waals surface area contributed by atoms with Crippen molar-refractivity contribution in [2.45, 2.75) is 25.9 Å². The van der Waals surface area contributed by atoms with Crippen molar-refractivity contribution in [2.24, 2.45) is 5.92 Å². The fourth-order valence-corrected chi connectivity index (χ4v) is 3.95. The molecule has 27 heavy (non-hydrogen) atoms. The van der Waals surface area contributed by atoms with Crippen LogP contribution in [-0.2, 0) is 17.9 Å². The predicted molar refractivity (Wildman–Crippen MR) is 109 cm³/mol. The smallest absolute Gasteiger partial charge is 0.224 e. The van der Waals surface area contributed by atoms with Gasteiger partial charge in [-0.15, -0.1) is 0 Å². The minimum Gasteiger partial charge on any atom is -0.496 e. The quantitative estimate of drug-likeness (QED) is 0.765. The van der Waals surface area contributed by atoms with Gasteiger partial charge in [-0.1, -0.05) is 47.5 Å². The number of ether oxygens (including phenoxy) is 1. The van der Waals surface area contributed by atoms with E-state index in [0.29, 0.717) is 16.6 Å². The average molecular weight is 407 g/mol. The summed E-state index contributed by atoms with van der Waals surface area (Å²) in [6, 6.07) is 13.3. The summed E-state index contributed by atoms with van der Waals surface area (Å²) in [5.41, 5.74) is 2.02. The summed E-state index contributed by atoms with van der Waals surface area (Å²) in [6.07, 6.45) is 1.90. The second-order valence-corrected chi connectivity index (χ2v) is 7.68. The number of hydrogen-bond donors (Lipinski definition) is 1. The van der Waals surface area contributed by atoms with E-state index in [2.05, 4.69) is 10.2 Å². The van der Waals surface area contributed by atoms with Gasteiger partial charge in [0.1, 0.15) is 5.75 Å². The number of carbonyl (C=O) groups excluding carboxylic acids is 1. The molecule has 144 valence electrons. The molecule has 1 fully saturated rings. The summed E-state index contributed by atoms with van der Waals surface area (Å²) in [4.78, 5) is 14.9. The molecular formula is C21H24Cl2N2O2. The molecule has 2 aromatic rings. The number of halogens is 2. The average Bonchev–Trinajstić information content (AvgIpc) is 2.68. The third-order valence-corrected chi connectivity index (χ3v) is 5.52. The van der Waals surface area contributed by atoms with Crippen LogP contribution in [0.25, 0.3) is 0 Å². The number of benzene rings is 2. The third-order valence-electron chi connectivity index (χ3n) is 4.93. The van der Waals surface area contributed by atoms with Crippen molar-refractivity contribution in [1.29, 1.82) is 0 Å². The molecule has 3 rings (SSSR count). The van der Waals surface area contributed by atoms with Crippen LogP contribution in [0, 0.1) is 5.92 Å².